The molecule has 38 heavy (non-hydrogen) atoms. The van der Waals surface area contributed by atoms with Gasteiger partial charge in [-0.3, -0.25) is 4.57 Å². The monoisotopic (exact) mass is 498 g/mol. The molecule has 0 bridgehead atoms. The first kappa shape index (κ1) is 23.3. The molecule has 0 aliphatic rings. The second kappa shape index (κ2) is 10.5. The fraction of sp³-hybridized carbons (Fsp3) is 0.100. The first-order valence-electron chi connectivity index (χ1n) is 12.5. The molecule has 3 heterocycles. The summed E-state index contributed by atoms with van der Waals surface area (Å²) in [5.74, 6) is 1.89. The lowest BCUT2D eigenvalue weighted by Crippen LogP contribution is -2.10. The van der Waals surface area contributed by atoms with Crippen LogP contribution >= 0.6 is 0 Å². The maximum Gasteiger partial charge on any atom is 0.225 e. The third-order valence-electron chi connectivity index (χ3n) is 6.32. The van der Waals surface area contributed by atoms with Crippen LogP contribution in [0.15, 0.2) is 110 Å². The van der Waals surface area contributed by atoms with Crippen LogP contribution in [0.2, 0.25) is 0 Å². The van der Waals surface area contributed by atoms with Gasteiger partial charge < -0.3 is 10.6 Å². The van der Waals surface area contributed by atoms with Crippen molar-refractivity contribution in [3.8, 4) is 17.1 Å². The van der Waals surface area contributed by atoms with E-state index in [0.29, 0.717) is 18.4 Å². The number of aromatic nitrogens is 6. The summed E-state index contributed by atoms with van der Waals surface area (Å²) in [5, 5.41) is 6.69. The smallest absolute Gasteiger partial charge is 0.225 e. The number of anilines is 2. The van der Waals surface area contributed by atoms with Gasteiger partial charge in [0.1, 0.15) is 12.1 Å². The molecule has 0 saturated carbocycles. The van der Waals surface area contributed by atoms with Crippen LogP contribution in [-0.4, -0.2) is 29.5 Å². The molecule has 3 aromatic heterocycles. The summed E-state index contributed by atoms with van der Waals surface area (Å²) in [5.41, 5.74) is 5.94. The van der Waals surface area contributed by atoms with Crippen LogP contribution in [0.1, 0.15) is 24.1 Å². The molecule has 0 saturated heterocycles. The van der Waals surface area contributed by atoms with Gasteiger partial charge in [-0.05, 0) is 42.3 Å². The second-order valence-electron chi connectivity index (χ2n) is 8.94. The number of imidazole rings is 1. The van der Waals surface area contributed by atoms with Crippen LogP contribution in [0, 0.1) is 0 Å². The molecule has 2 N–H and O–H groups in total. The number of hydrogen-bond acceptors (Lipinski definition) is 7. The topological polar surface area (TPSA) is 93.4 Å². The van der Waals surface area contributed by atoms with Crippen molar-refractivity contribution in [1.29, 1.82) is 0 Å². The van der Waals surface area contributed by atoms with Gasteiger partial charge in [0.15, 0.2) is 0 Å². The van der Waals surface area contributed by atoms with Crippen LogP contribution in [0.5, 0.6) is 0 Å². The first-order valence-corrected chi connectivity index (χ1v) is 12.5. The average Bonchev–Trinajstić information content (AvgIpc) is 3.41. The number of fused-ring (bicyclic) bond motifs is 1. The van der Waals surface area contributed by atoms with Crippen molar-refractivity contribution in [1.82, 2.24) is 29.5 Å². The molecule has 0 spiro atoms. The zero-order valence-corrected chi connectivity index (χ0v) is 20.9. The molecule has 0 radical (unpaired) electrons. The molecule has 6 rings (SSSR count). The van der Waals surface area contributed by atoms with Gasteiger partial charge in [-0.15, -0.1) is 0 Å². The van der Waals surface area contributed by atoms with Gasteiger partial charge in [-0.25, -0.2) is 19.9 Å². The molecule has 186 valence electrons. The van der Waals surface area contributed by atoms with Gasteiger partial charge in [0.25, 0.3) is 0 Å². The molecule has 1 atom stereocenters. The van der Waals surface area contributed by atoms with Crippen molar-refractivity contribution in [2.75, 3.05) is 10.6 Å². The summed E-state index contributed by atoms with van der Waals surface area (Å²) in [6, 6.07) is 30.4. The minimum atomic E-state index is 0.0773. The molecular weight excluding hydrogens is 472 g/mol. The Morgan fingerprint density at radius 1 is 0.763 bits per heavy atom. The van der Waals surface area contributed by atoms with Crippen molar-refractivity contribution < 1.29 is 0 Å². The second-order valence-corrected chi connectivity index (χ2v) is 8.94. The highest BCUT2D eigenvalue weighted by Gasteiger charge is 2.11. The fourth-order valence-corrected chi connectivity index (χ4v) is 4.31. The maximum atomic E-state index is 4.74. The number of nitrogens with zero attached hydrogens (tertiary/aromatic N) is 6. The molecule has 0 aliphatic heterocycles. The number of rotatable bonds is 8. The van der Waals surface area contributed by atoms with E-state index >= 15 is 0 Å². The minimum Gasteiger partial charge on any atom is -0.350 e. The number of nitrogens with one attached hydrogen (secondary N) is 2. The van der Waals surface area contributed by atoms with E-state index in [4.69, 9.17) is 9.97 Å². The van der Waals surface area contributed by atoms with Crippen LogP contribution in [0.25, 0.3) is 28.1 Å². The molecular formula is C30H26N8. The van der Waals surface area contributed by atoms with Crippen molar-refractivity contribution in [2.24, 2.45) is 0 Å². The van der Waals surface area contributed by atoms with Gasteiger partial charge in [-0.1, -0.05) is 66.7 Å². The van der Waals surface area contributed by atoms with Gasteiger partial charge in [0.2, 0.25) is 11.9 Å². The fourth-order valence-electron chi connectivity index (χ4n) is 4.31. The van der Waals surface area contributed by atoms with E-state index in [1.165, 1.54) is 11.1 Å². The normalized spacial score (nSPS) is 11.8. The van der Waals surface area contributed by atoms with E-state index in [-0.39, 0.29) is 6.04 Å². The molecule has 6 aromatic rings. The Labute approximate surface area is 220 Å². The lowest BCUT2D eigenvalue weighted by atomic mass is 10.1. The molecule has 1 unspecified atom stereocenters. The lowest BCUT2D eigenvalue weighted by Gasteiger charge is -2.14. The SMILES string of the molecule is CC(Nc1nccc(-n2cnc3cc(-c4ccnc(NCc5ccccc5)n4)ccc32)n1)c1ccccc1. The molecule has 0 fully saturated rings. The zero-order chi connectivity index (χ0) is 25.7. The van der Waals surface area contributed by atoms with E-state index in [0.717, 1.165) is 28.1 Å². The Morgan fingerprint density at radius 3 is 2.37 bits per heavy atom. The predicted molar refractivity (Wildman–Crippen MR) is 150 cm³/mol. The number of benzene rings is 3. The van der Waals surface area contributed by atoms with Gasteiger partial charge >= 0.3 is 0 Å². The Hall–Kier alpha value is -5.11. The van der Waals surface area contributed by atoms with Crippen LogP contribution in [0.4, 0.5) is 11.9 Å². The largest absolute Gasteiger partial charge is 0.350 e. The van der Waals surface area contributed by atoms with E-state index < -0.39 is 0 Å². The van der Waals surface area contributed by atoms with Crippen molar-refractivity contribution >= 4 is 22.9 Å². The lowest BCUT2D eigenvalue weighted by molar-refractivity contribution is 0.854. The third kappa shape index (κ3) is 5.05. The summed E-state index contributed by atoms with van der Waals surface area (Å²) in [6.07, 6.45) is 5.31. The highest BCUT2D eigenvalue weighted by molar-refractivity contribution is 5.82. The highest BCUT2D eigenvalue weighted by Crippen LogP contribution is 2.25. The summed E-state index contributed by atoms with van der Waals surface area (Å²) in [6.45, 7) is 2.75. The summed E-state index contributed by atoms with van der Waals surface area (Å²) < 4.78 is 1.96. The minimum absolute atomic E-state index is 0.0773. The Balaban J connectivity index is 1.22. The Bertz CT molecular complexity index is 1660. The maximum absolute atomic E-state index is 4.74. The number of hydrogen-bond donors (Lipinski definition) is 2. The molecule has 8 heteroatoms. The van der Waals surface area contributed by atoms with Crippen molar-refractivity contribution in [2.45, 2.75) is 19.5 Å². The van der Waals surface area contributed by atoms with Gasteiger partial charge in [-0.2, -0.15) is 4.98 Å². The summed E-state index contributed by atoms with van der Waals surface area (Å²) in [7, 11) is 0. The zero-order valence-electron chi connectivity index (χ0n) is 20.9. The van der Waals surface area contributed by atoms with E-state index in [1.54, 1.807) is 18.7 Å². The highest BCUT2D eigenvalue weighted by atomic mass is 15.2. The molecule has 0 aliphatic carbocycles. The van der Waals surface area contributed by atoms with Crippen molar-refractivity contribution in [3.05, 3.63) is 121 Å². The molecule has 8 nitrogen and oxygen atoms in total. The Kier molecular flexibility index (Phi) is 6.42. The summed E-state index contributed by atoms with van der Waals surface area (Å²) >= 11 is 0. The van der Waals surface area contributed by atoms with Crippen LogP contribution < -0.4 is 10.6 Å². The molecule has 3 aromatic carbocycles. The van der Waals surface area contributed by atoms with Gasteiger partial charge in [0, 0.05) is 24.5 Å². The van der Waals surface area contributed by atoms with E-state index in [1.807, 2.05) is 71.3 Å². The van der Waals surface area contributed by atoms with Crippen LogP contribution in [0.3, 0.4) is 0 Å². The molecule has 0 amide bonds. The van der Waals surface area contributed by atoms with Crippen LogP contribution in [-0.2, 0) is 6.54 Å². The average molecular weight is 499 g/mol. The quantitative estimate of drug-likeness (QED) is 0.264. The van der Waals surface area contributed by atoms with Gasteiger partial charge in [0.05, 0.1) is 22.8 Å². The first-order chi connectivity index (χ1) is 18.7. The standard InChI is InChI=1S/C30H26N8/c1-21(23-10-6-3-7-11-23)35-30-32-17-15-28(37-30)38-20-34-26-18-24(12-13-27(26)38)25-14-16-31-29(36-25)33-19-22-8-4-2-5-9-22/h2-18,20-21H,19H2,1H3,(H,31,33,36)(H,32,35,37). The van der Waals surface area contributed by atoms with E-state index in [9.17, 15) is 0 Å². The third-order valence-corrected chi connectivity index (χ3v) is 6.32. The summed E-state index contributed by atoms with van der Waals surface area (Å²) in [4.78, 5) is 22.9. The predicted octanol–water partition coefficient (Wildman–Crippen LogP) is 6.06. The van der Waals surface area contributed by atoms with Crippen molar-refractivity contribution in [3.63, 3.8) is 0 Å². The Morgan fingerprint density at radius 2 is 1.53 bits per heavy atom. The van der Waals surface area contributed by atoms with E-state index in [2.05, 4.69) is 56.8 Å².